The molecule has 0 N–H and O–H groups in total. The van der Waals surface area contributed by atoms with Gasteiger partial charge in [-0.15, -0.1) is 0 Å². The second-order valence-electron chi connectivity index (χ2n) is 7.82. The zero-order valence-electron chi connectivity index (χ0n) is 16.0. The van der Waals surface area contributed by atoms with Crippen molar-refractivity contribution in [2.45, 2.75) is 37.4 Å². The lowest BCUT2D eigenvalue weighted by Gasteiger charge is -2.22. The molecule has 4 heteroatoms. The van der Waals surface area contributed by atoms with Gasteiger partial charge in [-0.25, -0.2) is 0 Å². The summed E-state index contributed by atoms with van der Waals surface area (Å²) in [7, 11) is 0. The number of benzene rings is 2. The van der Waals surface area contributed by atoms with Crippen LogP contribution in [0.1, 0.15) is 36.3 Å². The molecule has 1 aliphatic carbocycles. The van der Waals surface area contributed by atoms with Crippen molar-refractivity contribution in [1.29, 1.82) is 0 Å². The van der Waals surface area contributed by atoms with Crippen molar-refractivity contribution in [1.82, 2.24) is 0 Å². The van der Waals surface area contributed by atoms with E-state index in [1.807, 2.05) is 0 Å². The number of hydrogen-bond donors (Lipinski definition) is 0. The maximum Gasteiger partial charge on any atom is 0.119 e. The minimum Gasteiger partial charge on any atom is -0.491 e. The van der Waals surface area contributed by atoms with Crippen LogP contribution in [0, 0.1) is 0 Å². The van der Waals surface area contributed by atoms with E-state index in [4.69, 9.17) is 18.9 Å². The van der Waals surface area contributed by atoms with Crippen LogP contribution in [-0.4, -0.2) is 38.6 Å². The third-order valence-electron chi connectivity index (χ3n) is 5.57. The maximum absolute atomic E-state index is 5.75. The molecule has 3 unspecified atom stereocenters. The average Bonchev–Trinajstić information content (AvgIpc) is 3.67. The summed E-state index contributed by atoms with van der Waals surface area (Å²) < 4.78 is 21.9. The smallest absolute Gasteiger partial charge is 0.119 e. The number of allylic oxidation sites excluding steroid dienone is 2. The molecule has 3 aliphatic rings. The van der Waals surface area contributed by atoms with E-state index in [0.29, 0.717) is 31.3 Å². The third kappa shape index (κ3) is 4.57. The Morgan fingerprint density at radius 1 is 0.786 bits per heavy atom. The molecule has 2 saturated heterocycles. The maximum atomic E-state index is 5.75. The molecule has 146 valence electrons. The van der Waals surface area contributed by atoms with Crippen LogP contribution in [0.15, 0.2) is 54.6 Å². The Balaban J connectivity index is 1.23. The molecule has 28 heavy (non-hydrogen) atoms. The van der Waals surface area contributed by atoms with E-state index in [1.54, 1.807) is 0 Å². The summed E-state index contributed by atoms with van der Waals surface area (Å²) >= 11 is 0. The van der Waals surface area contributed by atoms with Gasteiger partial charge in [0.2, 0.25) is 0 Å². The Hall–Kier alpha value is -2.30. The van der Waals surface area contributed by atoms with E-state index in [1.165, 1.54) is 29.5 Å². The van der Waals surface area contributed by atoms with Gasteiger partial charge in [-0.3, -0.25) is 0 Å². The van der Waals surface area contributed by atoms with E-state index in [9.17, 15) is 0 Å². The molecular formula is C24H26O4. The number of rotatable bonds is 8. The number of epoxide rings is 2. The van der Waals surface area contributed by atoms with E-state index >= 15 is 0 Å². The highest BCUT2D eigenvalue weighted by atomic mass is 16.6. The average molecular weight is 378 g/mol. The molecule has 0 radical (unpaired) electrons. The molecule has 3 atom stereocenters. The summed E-state index contributed by atoms with van der Waals surface area (Å²) in [6, 6.07) is 17.0. The molecule has 0 spiro atoms. The van der Waals surface area contributed by atoms with Gasteiger partial charge in [-0.2, -0.15) is 0 Å². The summed E-state index contributed by atoms with van der Waals surface area (Å²) in [4.78, 5) is 0. The lowest BCUT2D eigenvalue weighted by molar-refractivity contribution is 0.263. The second-order valence-corrected chi connectivity index (χ2v) is 7.82. The molecule has 2 aliphatic heterocycles. The lowest BCUT2D eigenvalue weighted by atomic mass is 9.83. The fraction of sp³-hybridized carbons (Fsp3) is 0.417. The van der Waals surface area contributed by atoms with Crippen molar-refractivity contribution in [2.75, 3.05) is 26.4 Å². The first-order valence-corrected chi connectivity index (χ1v) is 10.2. The SMILES string of the molecule is C1=C(c2ccc(OCC3CO3)cc2)CCCC1c1ccc(OCC2CO2)cc1. The van der Waals surface area contributed by atoms with Crippen LogP contribution in [0.4, 0.5) is 0 Å². The summed E-state index contributed by atoms with van der Waals surface area (Å²) in [6.45, 7) is 2.96. The van der Waals surface area contributed by atoms with Crippen LogP contribution in [-0.2, 0) is 9.47 Å². The van der Waals surface area contributed by atoms with Gasteiger partial charge in [0.05, 0.1) is 13.2 Å². The Morgan fingerprint density at radius 2 is 1.36 bits per heavy atom. The van der Waals surface area contributed by atoms with Gasteiger partial charge in [-0.05, 0) is 60.2 Å². The third-order valence-corrected chi connectivity index (χ3v) is 5.57. The number of hydrogen-bond acceptors (Lipinski definition) is 4. The first kappa shape index (κ1) is 17.8. The van der Waals surface area contributed by atoms with E-state index < -0.39 is 0 Å². The molecule has 4 nitrogen and oxygen atoms in total. The zero-order chi connectivity index (χ0) is 18.8. The lowest BCUT2D eigenvalue weighted by Crippen LogP contribution is -2.05. The van der Waals surface area contributed by atoms with Gasteiger partial charge in [0.1, 0.15) is 36.9 Å². The van der Waals surface area contributed by atoms with Crippen molar-refractivity contribution in [3.63, 3.8) is 0 Å². The molecule has 0 saturated carbocycles. The van der Waals surface area contributed by atoms with Crippen LogP contribution < -0.4 is 9.47 Å². The minimum atomic E-state index is 0.292. The van der Waals surface area contributed by atoms with E-state index in [-0.39, 0.29) is 0 Å². The second kappa shape index (κ2) is 7.98. The molecular weight excluding hydrogens is 352 g/mol. The number of ether oxygens (including phenoxy) is 4. The van der Waals surface area contributed by atoms with Crippen LogP contribution in [0.2, 0.25) is 0 Å². The Morgan fingerprint density at radius 3 is 1.93 bits per heavy atom. The first-order chi connectivity index (χ1) is 13.8. The van der Waals surface area contributed by atoms with Gasteiger partial charge in [-0.1, -0.05) is 30.3 Å². The van der Waals surface area contributed by atoms with Crippen molar-refractivity contribution in [3.05, 3.63) is 65.7 Å². The fourth-order valence-electron chi connectivity index (χ4n) is 3.71. The molecule has 2 aromatic rings. The van der Waals surface area contributed by atoms with Crippen molar-refractivity contribution >= 4 is 5.57 Å². The zero-order valence-corrected chi connectivity index (χ0v) is 16.0. The summed E-state index contributed by atoms with van der Waals surface area (Å²) in [5.41, 5.74) is 4.08. The predicted octanol–water partition coefficient (Wildman–Crippen LogP) is 4.59. The highest BCUT2D eigenvalue weighted by Gasteiger charge is 2.24. The standard InChI is InChI=1S/C24H26O4/c1-2-19(17-4-8-21(9-5-17)25-13-23-15-27-23)12-20(3-1)18-6-10-22(11-7-18)26-14-24-16-28-24/h4-12,19,23-24H,1-3,13-16H2. The molecule has 5 rings (SSSR count). The monoisotopic (exact) mass is 378 g/mol. The topological polar surface area (TPSA) is 43.5 Å². The Bertz CT molecular complexity index is 817. The van der Waals surface area contributed by atoms with E-state index in [2.05, 4.69) is 54.6 Å². The molecule has 2 fully saturated rings. The summed E-state index contributed by atoms with van der Waals surface area (Å²) in [5.74, 6) is 2.30. The van der Waals surface area contributed by atoms with Crippen LogP contribution in [0.25, 0.3) is 5.57 Å². The highest BCUT2D eigenvalue weighted by molar-refractivity contribution is 5.68. The van der Waals surface area contributed by atoms with Crippen LogP contribution in [0.3, 0.4) is 0 Å². The van der Waals surface area contributed by atoms with Crippen LogP contribution in [0.5, 0.6) is 11.5 Å². The highest BCUT2D eigenvalue weighted by Crippen LogP contribution is 2.36. The molecule has 0 aromatic heterocycles. The van der Waals surface area contributed by atoms with Gasteiger partial charge in [0.25, 0.3) is 0 Å². The largest absolute Gasteiger partial charge is 0.491 e. The Kier molecular flexibility index (Phi) is 5.06. The molecule has 0 bridgehead atoms. The van der Waals surface area contributed by atoms with Gasteiger partial charge < -0.3 is 18.9 Å². The minimum absolute atomic E-state index is 0.292. The normalized spacial score (nSPS) is 25.7. The van der Waals surface area contributed by atoms with E-state index in [0.717, 1.165) is 31.1 Å². The molecule has 2 aromatic carbocycles. The Labute approximate surface area is 166 Å². The molecule has 0 amide bonds. The van der Waals surface area contributed by atoms with Crippen LogP contribution >= 0.6 is 0 Å². The molecule has 2 heterocycles. The fourth-order valence-corrected chi connectivity index (χ4v) is 3.71. The van der Waals surface area contributed by atoms with Crippen molar-refractivity contribution in [3.8, 4) is 11.5 Å². The van der Waals surface area contributed by atoms with Crippen molar-refractivity contribution in [2.24, 2.45) is 0 Å². The van der Waals surface area contributed by atoms with Gasteiger partial charge >= 0.3 is 0 Å². The predicted molar refractivity (Wildman–Crippen MR) is 108 cm³/mol. The summed E-state index contributed by atoms with van der Waals surface area (Å²) in [6.07, 6.45) is 6.57. The first-order valence-electron chi connectivity index (χ1n) is 10.2. The quantitative estimate of drug-likeness (QED) is 0.630. The summed E-state index contributed by atoms with van der Waals surface area (Å²) in [5, 5.41) is 0. The van der Waals surface area contributed by atoms with Gasteiger partial charge in [0.15, 0.2) is 0 Å². The van der Waals surface area contributed by atoms with Gasteiger partial charge in [0, 0.05) is 5.92 Å². The van der Waals surface area contributed by atoms with Crippen molar-refractivity contribution < 1.29 is 18.9 Å².